The Hall–Kier alpha value is -0.380. The predicted octanol–water partition coefficient (Wildman–Crippen LogP) is 0.688. The summed E-state index contributed by atoms with van der Waals surface area (Å²) in [5, 5.41) is 2.44. The third-order valence-corrected chi connectivity index (χ3v) is 1.51. The van der Waals surface area contributed by atoms with Gasteiger partial charge in [0.05, 0.1) is 5.37 Å². The van der Waals surface area contributed by atoms with Gasteiger partial charge in [-0.25, -0.2) is 10.5 Å². The largest absolute Gasteiger partial charge is 0.334 e. The van der Waals surface area contributed by atoms with Crippen molar-refractivity contribution < 1.29 is 4.79 Å². The minimum absolute atomic E-state index is 0.0556. The smallest absolute Gasteiger partial charge is 0.325 e. The van der Waals surface area contributed by atoms with Gasteiger partial charge in [-0.15, -0.1) is 11.8 Å². The lowest BCUT2D eigenvalue weighted by atomic mass is 10.7. The summed E-state index contributed by atoms with van der Waals surface area (Å²) in [6.07, 6.45) is 1.88. The van der Waals surface area contributed by atoms with E-state index >= 15 is 0 Å². The molecule has 0 rings (SSSR count). The number of amides is 2. The highest BCUT2D eigenvalue weighted by atomic mass is 32.2. The molecular formula is C4H9N2OS. The Morgan fingerprint density at radius 3 is 2.50 bits per heavy atom. The minimum Gasteiger partial charge on any atom is -0.325 e. The van der Waals surface area contributed by atoms with E-state index < -0.39 is 6.03 Å². The van der Waals surface area contributed by atoms with Crippen LogP contribution in [0.3, 0.4) is 0 Å². The van der Waals surface area contributed by atoms with Crippen LogP contribution in [0.1, 0.15) is 6.92 Å². The van der Waals surface area contributed by atoms with Crippen LogP contribution in [-0.4, -0.2) is 17.7 Å². The molecule has 0 saturated carbocycles. The molecule has 0 aliphatic carbocycles. The zero-order valence-corrected chi connectivity index (χ0v) is 5.71. The third kappa shape index (κ3) is 3.80. The van der Waals surface area contributed by atoms with E-state index in [9.17, 15) is 4.79 Å². The maximum atomic E-state index is 9.96. The number of urea groups is 1. The molecule has 2 N–H and O–H groups in total. The first kappa shape index (κ1) is 7.62. The summed E-state index contributed by atoms with van der Waals surface area (Å²) in [6.45, 7) is 1.83. The SMILES string of the molecule is CSC(C)NC([NH])=O. The first-order chi connectivity index (χ1) is 3.66. The Morgan fingerprint density at radius 2 is 2.38 bits per heavy atom. The van der Waals surface area contributed by atoms with Gasteiger partial charge in [-0.05, 0) is 13.2 Å². The summed E-state index contributed by atoms with van der Waals surface area (Å²) < 4.78 is 0. The van der Waals surface area contributed by atoms with E-state index in [1.165, 1.54) is 11.8 Å². The molecule has 1 radical (unpaired) electrons. The fourth-order valence-corrected chi connectivity index (χ4v) is 0.468. The molecule has 1 atom stereocenters. The molecule has 2 amide bonds. The van der Waals surface area contributed by atoms with Gasteiger partial charge in [0.1, 0.15) is 0 Å². The molecule has 0 heterocycles. The lowest BCUT2D eigenvalue weighted by Crippen LogP contribution is -2.29. The molecule has 1 unspecified atom stereocenters. The van der Waals surface area contributed by atoms with Gasteiger partial charge in [-0.1, -0.05) is 0 Å². The van der Waals surface area contributed by atoms with Crippen molar-refractivity contribution in [3.63, 3.8) is 0 Å². The molecule has 47 valence electrons. The summed E-state index contributed by atoms with van der Waals surface area (Å²) in [4.78, 5) is 9.96. The van der Waals surface area contributed by atoms with E-state index in [0.29, 0.717) is 0 Å². The van der Waals surface area contributed by atoms with Crippen LogP contribution in [0.5, 0.6) is 0 Å². The Morgan fingerprint density at radius 1 is 1.88 bits per heavy atom. The van der Waals surface area contributed by atoms with E-state index in [2.05, 4.69) is 5.32 Å². The van der Waals surface area contributed by atoms with E-state index in [1.54, 1.807) is 0 Å². The molecule has 0 fully saturated rings. The van der Waals surface area contributed by atoms with Crippen LogP contribution in [0.15, 0.2) is 0 Å². The number of hydrogen-bond acceptors (Lipinski definition) is 2. The number of hydrogen-bond donors (Lipinski definition) is 1. The van der Waals surface area contributed by atoms with E-state index in [1.807, 2.05) is 13.2 Å². The summed E-state index contributed by atoms with van der Waals surface area (Å²) in [5.74, 6) is 0. The topological polar surface area (TPSA) is 52.9 Å². The van der Waals surface area contributed by atoms with Crippen LogP contribution in [0.2, 0.25) is 0 Å². The Bertz CT molecular complexity index is 86.1. The molecule has 0 aromatic rings. The average molecular weight is 133 g/mol. The van der Waals surface area contributed by atoms with Gasteiger partial charge in [0.2, 0.25) is 0 Å². The Balaban J connectivity index is 3.24. The molecular weight excluding hydrogens is 124 g/mol. The van der Waals surface area contributed by atoms with Gasteiger partial charge in [0.15, 0.2) is 0 Å². The monoisotopic (exact) mass is 133 g/mol. The van der Waals surface area contributed by atoms with Gasteiger partial charge in [-0.3, -0.25) is 0 Å². The van der Waals surface area contributed by atoms with Crippen LogP contribution in [0, 0.1) is 0 Å². The molecule has 0 aliphatic rings. The Labute approximate surface area is 53.0 Å². The maximum absolute atomic E-state index is 9.96. The summed E-state index contributed by atoms with van der Waals surface area (Å²) in [5.41, 5.74) is 6.45. The van der Waals surface area contributed by atoms with Crippen molar-refractivity contribution in [1.29, 1.82) is 0 Å². The Kier molecular flexibility index (Phi) is 3.43. The maximum Gasteiger partial charge on any atom is 0.334 e. The molecule has 8 heavy (non-hydrogen) atoms. The normalized spacial score (nSPS) is 12.8. The number of carbonyl (C=O) groups excluding carboxylic acids is 1. The third-order valence-electron chi connectivity index (χ3n) is 0.688. The van der Waals surface area contributed by atoms with E-state index in [0.717, 1.165) is 0 Å². The van der Waals surface area contributed by atoms with Crippen molar-refractivity contribution in [2.45, 2.75) is 12.3 Å². The van der Waals surface area contributed by atoms with Gasteiger partial charge in [0, 0.05) is 0 Å². The lowest BCUT2D eigenvalue weighted by Gasteiger charge is -2.05. The van der Waals surface area contributed by atoms with Crippen molar-refractivity contribution in [2.75, 3.05) is 6.26 Å². The first-order valence-corrected chi connectivity index (χ1v) is 3.50. The zero-order chi connectivity index (χ0) is 6.57. The minimum atomic E-state index is -0.716. The van der Waals surface area contributed by atoms with Crippen molar-refractivity contribution >= 4 is 17.8 Å². The number of carbonyl (C=O) groups is 1. The summed E-state index contributed by atoms with van der Waals surface area (Å²) in [7, 11) is 0. The van der Waals surface area contributed by atoms with Gasteiger partial charge in [0.25, 0.3) is 0 Å². The second-order valence-corrected chi connectivity index (χ2v) is 2.53. The molecule has 0 aromatic carbocycles. The van der Waals surface area contributed by atoms with Gasteiger partial charge >= 0.3 is 6.03 Å². The van der Waals surface area contributed by atoms with Crippen LogP contribution in [0.25, 0.3) is 0 Å². The fraction of sp³-hybridized carbons (Fsp3) is 0.750. The number of rotatable bonds is 2. The molecule has 4 heteroatoms. The number of thioether (sulfide) groups is 1. The molecule has 0 bridgehead atoms. The molecule has 0 saturated heterocycles. The van der Waals surface area contributed by atoms with Crippen molar-refractivity contribution in [3.8, 4) is 0 Å². The van der Waals surface area contributed by atoms with E-state index in [-0.39, 0.29) is 5.37 Å². The quantitative estimate of drug-likeness (QED) is 0.563. The first-order valence-electron chi connectivity index (χ1n) is 2.21. The zero-order valence-electron chi connectivity index (χ0n) is 4.89. The standard InChI is InChI=1S/C4H9N2OS/c1-3(8-2)6-4(5)7/h3,5H,1-2H3,(H,6,7). The van der Waals surface area contributed by atoms with Crippen molar-refractivity contribution in [2.24, 2.45) is 0 Å². The lowest BCUT2D eigenvalue weighted by molar-refractivity contribution is 0.247. The molecule has 0 aromatic heterocycles. The fourth-order valence-electron chi connectivity index (χ4n) is 0.244. The van der Waals surface area contributed by atoms with Gasteiger partial charge in [-0.2, -0.15) is 0 Å². The average Bonchev–Trinajstić information content (AvgIpc) is 1.65. The van der Waals surface area contributed by atoms with Crippen LogP contribution >= 0.6 is 11.8 Å². The highest BCUT2D eigenvalue weighted by Gasteiger charge is 1.98. The van der Waals surface area contributed by atoms with Gasteiger partial charge < -0.3 is 5.32 Å². The second kappa shape index (κ2) is 3.60. The van der Waals surface area contributed by atoms with Crippen LogP contribution in [0.4, 0.5) is 4.79 Å². The highest BCUT2D eigenvalue weighted by Crippen LogP contribution is 1.98. The highest BCUT2D eigenvalue weighted by molar-refractivity contribution is 7.99. The predicted molar refractivity (Wildman–Crippen MR) is 34.6 cm³/mol. The van der Waals surface area contributed by atoms with Crippen molar-refractivity contribution in [1.82, 2.24) is 11.1 Å². The molecule has 0 spiro atoms. The van der Waals surface area contributed by atoms with Crippen molar-refractivity contribution in [3.05, 3.63) is 0 Å². The van der Waals surface area contributed by atoms with Crippen LogP contribution in [-0.2, 0) is 0 Å². The molecule has 3 nitrogen and oxygen atoms in total. The summed E-state index contributed by atoms with van der Waals surface area (Å²) in [6, 6.07) is -0.716. The van der Waals surface area contributed by atoms with E-state index in [4.69, 9.17) is 5.73 Å². The second-order valence-electron chi connectivity index (χ2n) is 1.35. The summed E-state index contributed by atoms with van der Waals surface area (Å²) >= 11 is 1.50. The number of nitrogens with one attached hydrogen (secondary N) is 2. The molecule has 0 aliphatic heterocycles. The van der Waals surface area contributed by atoms with Crippen LogP contribution < -0.4 is 11.1 Å².